The molecule has 0 radical (unpaired) electrons. The summed E-state index contributed by atoms with van der Waals surface area (Å²) >= 11 is 0. The van der Waals surface area contributed by atoms with Crippen molar-refractivity contribution in [1.82, 2.24) is 25.0 Å². The van der Waals surface area contributed by atoms with Crippen LogP contribution < -0.4 is 15.6 Å². The van der Waals surface area contributed by atoms with Crippen LogP contribution in [0.3, 0.4) is 0 Å². The molecule has 2 aromatic carbocycles. The number of aromatic amines is 1. The molecule has 5 aromatic rings. The van der Waals surface area contributed by atoms with Crippen molar-refractivity contribution in [2.75, 3.05) is 11.9 Å². The summed E-state index contributed by atoms with van der Waals surface area (Å²) < 4.78 is 35.2. The van der Waals surface area contributed by atoms with E-state index < -0.39 is 28.5 Å². The zero-order valence-electron chi connectivity index (χ0n) is 21.5. The number of carbonyl (C=O) groups excluding carboxylic acids is 1. The van der Waals surface area contributed by atoms with E-state index in [4.69, 9.17) is 4.74 Å². The standard InChI is InChI=1S/C28H24F2N6O4/c1-28(2,15-37)33-26-24-23(10-11-31-25(24)34-35-26)40-22-8-3-16(13-20(22)30)14-21(38)19-9-12-32-36(27(19)39)18-6-4-17(29)5-7-18/h3-13,37H,14-15H2,1-2H3,(H2,31,33,34,35). The van der Waals surface area contributed by atoms with Crippen molar-refractivity contribution >= 4 is 22.6 Å². The maximum Gasteiger partial charge on any atom is 0.282 e. The van der Waals surface area contributed by atoms with Crippen LogP contribution >= 0.6 is 0 Å². The first-order chi connectivity index (χ1) is 19.1. The maximum atomic E-state index is 15.1. The van der Waals surface area contributed by atoms with Crippen molar-refractivity contribution in [2.24, 2.45) is 0 Å². The first kappa shape index (κ1) is 26.6. The summed E-state index contributed by atoms with van der Waals surface area (Å²) in [6, 6.07) is 12.0. The summed E-state index contributed by atoms with van der Waals surface area (Å²) in [5.41, 5.74) is -0.462. The first-order valence-corrected chi connectivity index (χ1v) is 12.2. The molecule has 0 fully saturated rings. The number of anilines is 1. The number of nitrogens with zero attached hydrogens (tertiary/aromatic N) is 4. The Kier molecular flexibility index (Phi) is 7.09. The van der Waals surface area contributed by atoms with E-state index in [1.807, 2.05) is 0 Å². The Hall–Kier alpha value is -4.97. The highest BCUT2D eigenvalue weighted by Gasteiger charge is 2.22. The number of carbonyl (C=O) groups is 1. The van der Waals surface area contributed by atoms with Crippen molar-refractivity contribution in [3.05, 3.63) is 100 Å². The van der Waals surface area contributed by atoms with Gasteiger partial charge in [0.1, 0.15) is 17.0 Å². The lowest BCUT2D eigenvalue weighted by atomic mass is 10.0. The van der Waals surface area contributed by atoms with Crippen LogP contribution in [-0.4, -0.2) is 48.0 Å². The molecule has 0 aliphatic heterocycles. The third-order valence-electron chi connectivity index (χ3n) is 6.07. The van der Waals surface area contributed by atoms with E-state index >= 15 is 4.39 Å². The predicted molar refractivity (Wildman–Crippen MR) is 143 cm³/mol. The minimum Gasteiger partial charge on any atom is -0.453 e. The van der Waals surface area contributed by atoms with Gasteiger partial charge in [0, 0.05) is 24.9 Å². The predicted octanol–water partition coefficient (Wildman–Crippen LogP) is 4.18. The Labute approximate surface area is 226 Å². The molecule has 3 N–H and O–H groups in total. The quantitative estimate of drug-likeness (QED) is 0.234. The van der Waals surface area contributed by atoms with Crippen LogP contribution in [0.5, 0.6) is 11.5 Å². The average molecular weight is 547 g/mol. The number of aliphatic hydroxyl groups is 1. The summed E-state index contributed by atoms with van der Waals surface area (Å²) in [6.07, 6.45) is 2.53. The lowest BCUT2D eigenvalue weighted by Crippen LogP contribution is -2.35. The zero-order chi connectivity index (χ0) is 28.4. The fraction of sp³-hybridized carbons (Fsp3) is 0.179. The topological polar surface area (TPSA) is 135 Å². The number of aromatic nitrogens is 5. The van der Waals surface area contributed by atoms with Gasteiger partial charge in [0.2, 0.25) is 0 Å². The number of halogens is 2. The molecule has 12 heteroatoms. The maximum absolute atomic E-state index is 15.1. The van der Waals surface area contributed by atoms with E-state index in [9.17, 15) is 19.1 Å². The van der Waals surface area contributed by atoms with Gasteiger partial charge in [-0.05, 0) is 61.9 Å². The van der Waals surface area contributed by atoms with Crippen LogP contribution in [0.4, 0.5) is 14.6 Å². The molecule has 0 aliphatic rings. The van der Waals surface area contributed by atoms with Crippen LogP contribution in [0.15, 0.2) is 71.8 Å². The van der Waals surface area contributed by atoms with Crippen molar-refractivity contribution in [3.63, 3.8) is 0 Å². The third kappa shape index (κ3) is 5.43. The zero-order valence-corrected chi connectivity index (χ0v) is 21.5. The fourth-order valence-corrected chi connectivity index (χ4v) is 3.98. The molecule has 0 spiro atoms. The number of nitrogens with one attached hydrogen (secondary N) is 2. The van der Waals surface area contributed by atoms with Gasteiger partial charge in [0.25, 0.3) is 5.56 Å². The summed E-state index contributed by atoms with van der Waals surface area (Å²) in [7, 11) is 0. The van der Waals surface area contributed by atoms with E-state index in [0.717, 1.165) is 10.7 Å². The van der Waals surface area contributed by atoms with Crippen molar-refractivity contribution in [2.45, 2.75) is 25.8 Å². The molecule has 0 amide bonds. The summed E-state index contributed by atoms with van der Waals surface area (Å²) in [5.74, 6) is -1.17. The monoisotopic (exact) mass is 546 g/mol. The number of rotatable bonds is 9. The van der Waals surface area contributed by atoms with Crippen LogP contribution in [0.25, 0.3) is 16.7 Å². The number of H-pyrrole nitrogens is 1. The number of pyridine rings is 1. The molecular weight excluding hydrogens is 522 g/mol. The minimum absolute atomic E-state index is 0.0974. The lowest BCUT2D eigenvalue weighted by molar-refractivity contribution is 0.0991. The number of aliphatic hydroxyl groups excluding tert-OH is 1. The van der Waals surface area contributed by atoms with Crippen molar-refractivity contribution in [3.8, 4) is 17.2 Å². The minimum atomic E-state index is -0.720. The van der Waals surface area contributed by atoms with Crippen LogP contribution in [0.1, 0.15) is 29.8 Å². The van der Waals surface area contributed by atoms with Crippen molar-refractivity contribution < 1.29 is 23.4 Å². The number of ether oxygens (including phenoxy) is 1. The number of hydrogen-bond donors (Lipinski definition) is 3. The normalized spacial score (nSPS) is 11.5. The van der Waals surface area contributed by atoms with Gasteiger partial charge >= 0.3 is 0 Å². The van der Waals surface area contributed by atoms with Gasteiger partial charge in [-0.2, -0.15) is 14.9 Å². The molecule has 3 heterocycles. The van der Waals surface area contributed by atoms with Crippen LogP contribution in [0, 0.1) is 11.6 Å². The number of ketones is 1. The molecule has 0 bridgehead atoms. The lowest BCUT2D eigenvalue weighted by Gasteiger charge is -2.23. The van der Waals surface area contributed by atoms with E-state index in [1.165, 1.54) is 54.9 Å². The number of Topliss-reactive ketones (excluding diaryl/α,β-unsaturated/α-hetero) is 1. The van der Waals surface area contributed by atoms with Gasteiger partial charge in [0.15, 0.2) is 28.8 Å². The Balaban J connectivity index is 1.37. The Morgan fingerprint density at radius 3 is 2.58 bits per heavy atom. The molecule has 10 nitrogen and oxygen atoms in total. The fourth-order valence-electron chi connectivity index (χ4n) is 3.98. The second-order valence-electron chi connectivity index (χ2n) is 9.68. The van der Waals surface area contributed by atoms with Gasteiger partial charge in [0.05, 0.1) is 23.4 Å². The molecule has 204 valence electrons. The Bertz CT molecular complexity index is 1770. The molecule has 0 saturated heterocycles. The van der Waals surface area contributed by atoms with Gasteiger partial charge in [-0.1, -0.05) is 6.07 Å². The Morgan fingerprint density at radius 1 is 1.07 bits per heavy atom. The van der Waals surface area contributed by atoms with Crippen LogP contribution in [0.2, 0.25) is 0 Å². The second kappa shape index (κ2) is 10.7. The van der Waals surface area contributed by atoms with E-state index in [1.54, 1.807) is 19.9 Å². The number of fused-ring (bicyclic) bond motifs is 1. The van der Waals surface area contributed by atoms with Crippen LogP contribution in [-0.2, 0) is 6.42 Å². The SMILES string of the molecule is CC(C)(CO)Nc1n[nH]c2nccc(Oc3ccc(CC(=O)c4ccnn(-c5ccc(F)cc5)c4=O)cc3F)c12. The number of hydrogen-bond acceptors (Lipinski definition) is 8. The molecule has 5 rings (SSSR count). The smallest absolute Gasteiger partial charge is 0.282 e. The van der Waals surface area contributed by atoms with E-state index in [2.05, 4.69) is 25.6 Å². The van der Waals surface area contributed by atoms with Crippen molar-refractivity contribution in [1.29, 1.82) is 0 Å². The van der Waals surface area contributed by atoms with E-state index in [0.29, 0.717) is 28.1 Å². The van der Waals surface area contributed by atoms with E-state index in [-0.39, 0.29) is 30.1 Å². The summed E-state index contributed by atoms with van der Waals surface area (Å²) in [6.45, 7) is 3.41. The second-order valence-corrected chi connectivity index (χ2v) is 9.68. The largest absolute Gasteiger partial charge is 0.453 e. The molecule has 0 atom stereocenters. The summed E-state index contributed by atoms with van der Waals surface area (Å²) in [4.78, 5) is 30.1. The molecule has 0 unspecified atom stereocenters. The number of benzene rings is 2. The molecule has 3 aromatic heterocycles. The molecule has 0 aliphatic carbocycles. The molecule has 40 heavy (non-hydrogen) atoms. The highest BCUT2D eigenvalue weighted by atomic mass is 19.1. The Morgan fingerprint density at radius 2 is 1.85 bits per heavy atom. The average Bonchev–Trinajstić information content (AvgIpc) is 3.34. The van der Waals surface area contributed by atoms with Gasteiger partial charge in [-0.25, -0.2) is 13.8 Å². The highest BCUT2D eigenvalue weighted by molar-refractivity contribution is 5.97. The third-order valence-corrected chi connectivity index (χ3v) is 6.07. The highest BCUT2D eigenvalue weighted by Crippen LogP contribution is 2.35. The summed E-state index contributed by atoms with van der Waals surface area (Å²) in [5, 5.41) is 24.1. The molecular formula is C28H24F2N6O4. The first-order valence-electron chi connectivity index (χ1n) is 12.2. The van der Waals surface area contributed by atoms with Gasteiger partial charge < -0.3 is 15.2 Å². The van der Waals surface area contributed by atoms with Gasteiger partial charge in [-0.15, -0.1) is 0 Å². The molecule has 0 saturated carbocycles. The van der Waals surface area contributed by atoms with Gasteiger partial charge in [-0.3, -0.25) is 14.7 Å².